The summed E-state index contributed by atoms with van der Waals surface area (Å²) in [6, 6.07) is 19.9. The zero-order chi connectivity index (χ0) is 20.6. The predicted molar refractivity (Wildman–Crippen MR) is 117 cm³/mol. The Labute approximate surface area is 173 Å². The minimum Gasteiger partial charge on any atom is -0.508 e. The van der Waals surface area contributed by atoms with Crippen molar-refractivity contribution in [2.24, 2.45) is 0 Å². The molecular formula is C22H20FN3O2S. The summed E-state index contributed by atoms with van der Waals surface area (Å²) < 4.78 is 13.7. The number of phenols is 1. The van der Waals surface area contributed by atoms with E-state index in [-0.39, 0.29) is 11.3 Å². The van der Waals surface area contributed by atoms with Crippen molar-refractivity contribution in [2.45, 2.75) is 6.42 Å². The van der Waals surface area contributed by atoms with E-state index in [1.807, 2.05) is 12.1 Å². The van der Waals surface area contributed by atoms with Crippen LogP contribution in [0.25, 0.3) is 0 Å². The molecule has 0 saturated carbocycles. The summed E-state index contributed by atoms with van der Waals surface area (Å²) in [6.45, 7) is 0.570. The van der Waals surface area contributed by atoms with Crippen LogP contribution >= 0.6 is 12.2 Å². The quantitative estimate of drug-likeness (QED) is 0.457. The van der Waals surface area contributed by atoms with Crippen LogP contribution in [0, 0.1) is 5.82 Å². The van der Waals surface area contributed by atoms with E-state index in [1.54, 1.807) is 42.5 Å². The Hall–Kier alpha value is -3.45. The van der Waals surface area contributed by atoms with Crippen molar-refractivity contribution in [3.63, 3.8) is 0 Å². The lowest BCUT2D eigenvalue weighted by molar-refractivity contribution is 0.102. The van der Waals surface area contributed by atoms with Gasteiger partial charge in [-0.05, 0) is 66.7 Å². The first kappa shape index (κ1) is 20.3. The molecule has 0 aliphatic heterocycles. The van der Waals surface area contributed by atoms with E-state index in [0.29, 0.717) is 23.8 Å². The highest BCUT2D eigenvalue weighted by molar-refractivity contribution is 7.80. The van der Waals surface area contributed by atoms with Crippen LogP contribution in [0.2, 0.25) is 0 Å². The number of nitrogens with one attached hydrogen (secondary N) is 3. The third-order valence-corrected chi connectivity index (χ3v) is 4.44. The number of hydrogen-bond donors (Lipinski definition) is 4. The van der Waals surface area contributed by atoms with Crippen LogP contribution in [0.5, 0.6) is 5.75 Å². The largest absolute Gasteiger partial charge is 0.508 e. The average molecular weight is 409 g/mol. The molecule has 0 saturated heterocycles. The molecule has 4 N–H and O–H groups in total. The van der Waals surface area contributed by atoms with E-state index in [0.717, 1.165) is 11.3 Å². The van der Waals surface area contributed by atoms with Gasteiger partial charge in [0, 0.05) is 17.9 Å². The second-order valence-electron chi connectivity index (χ2n) is 6.27. The molecule has 0 aliphatic carbocycles. The van der Waals surface area contributed by atoms with Crippen molar-refractivity contribution >= 4 is 34.6 Å². The molecule has 148 valence electrons. The maximum atomic E-state index is 13.7. The number of rotatable bonds is 6. The lowest BCUT2D eigenvalue weighted by Gasteiger charge is -2.12. The first-order chi connectivity index (χ1) is 14.0. The molecule has 0 aromatic heterocycles. The van der Waals surface area contributed by atoms with Gasteiger partial charge < -0.3 is 21.1 Å². The van der Waals surface area contributed by atoms with Crippen molar-refractivity contribution in [2.75, 3.05) is 17.2 Å². The molecule has 0 aliphatic rings. The highest BCUT2D eigenvalue weighted by Gasteiger charge is 2.10. The molecule has 0 unspecified atom stereocenters. The topological polar surface area (TPSA) is 73.4 Å². The van der Waals surface area contributed by atoms with Crippen molar-refractivity contribution in [1.29, 1.82) is 0 Å². The highest BCUT2D eigenvalue weighted by Crippen LogP contribution is 2.17. The number of anilines is 2. The van der Waals surface area contributed by atoms with Crippen molar-refractivity contribution < 1.29 is 14.3 Å². The molecule has 1 amide bonds. The van der Waals surface area contributed by atoms with Gasteiger partial charge in [-0.15, -0.1) is 0 Å². The second-order valence-corrected chi connectivity index (χ2v) is 6.68. The van der Waals surface area contributed by atoms with E-state index in [9.17, 15) is 14.3 Å². The lowest BCUT2D eigenvalue weighted by Crippen LogP contribution is -2.30. The highest BCUT2D eigenvalue weighted by atomic mass is 32.1. The van der Waals surface area contributed by atoms with Crippen LogP contribution < -0.4 is 16.0 Å². The first-order valence-corrected chi connectivity index (χ1v) is 9.41. The van der Waals surface area contributed by atoms with E-state index >= 15 is 0 Å². The van der Waals surface area contributed by atoms with Gasteiger partial charge in [-0.3, -0.25) is 4.79 Å². The van der Waals surface area contributed by atoms with Crippen LogP contribution in [0.15, 0.2) is 72.8 Å². The SMILES string of the molecule is O=C(Nc1ccc(NC(=S)NCCc2ccccc2O)cc1)c1ccccc1F. The standard InChI is InChI=1S/C22H20FN3O2S/c23-19-7-3-2-6-18(19)21(28)25-16-9-11-17(12-10-16)26-22(29)24-14-13-15-5-1-4-8-20(15)27/h1-12,27H,13-14H2,(H,25,28)(H2,24,26,29). The zero-order valence-corrected chi connectivity index (χ0v) is 16.3. The van der Waals surface area contributed by atoms with Gasteiger partial charge in [0.2, 0.25) is 0 Å². The number of halogens is 1. The Morgan fingerprint density at radius 3 is 2.21 bits per heavy atom. The average Bonchev–Trinajstić information content (AvgIpc) is 2.71. The summed E-state index contributed by atoms with van der Waals surface area (Å²) in [4.78, 5) is 12.1. The summed E-state index contributed by atoms with van der Waals surface area (Å²) >= 11 is 5.27. The maximum absolute atomic E-state index is 13.7. The Morgan fingerprint density at radius 1 is 0.897 bits per heavy atom. The molecule has 0 heterocycles. The number of aromatic hydroxyl groups is 1. The molecule has 3 aromatic rings. The number of carbonyl (C=O) groups excluding carboxylic acids is 1. The Bertz CT molecular complexity index is 1010. The molecule has 0 bridgehead atoms. The fourth-order valence-electron chi connectivity index (χ4n) is 2.69. The summed E-state index contributed by atoms with van der Waals surface area (Å²) in [5, 5.41) is 19.0. The van der Waals surface area contributed by atoms with Gasteiger partial charge in [-0.1, -0.05) is 30.3 Å². The normalized spacial score (nSPS) is 10.2. The molecule has 5 nitrogen and oxygen atoms in total. The minimum absolute atomic E-state index is 0.00969. The molecule has 7 heteroatoms. The third kappa shape index (κ3) is 5.76. The second kappa shape index (κ2) is 9.66. The number of phenolic OH excluding ortho intramolecular Hbond substituents is 1. The first-order valence-electron chi connectivity index (χ1n) is 9.00. The van der Waals surface area contributed by atoms with Gasteiger partial charge in [0.05, 0.1) is 5.56 Å². The summed E-state index contributed by atoms with van der Waals surface area (Å²) in [5.41, 5.74) is 2.12. The van der Waals surface area contributed by atoms with Crippen LogP contribution in [-0.2, 0) is 6.42 Å². The third-order valence-electron chi connectivity index (χ3n) is 4.19. The smallest absolute Gasteiger partial charge is 0.258 e. The molecule has 0 fully saturated rings. The fourth-order valence-corrected chi connectivity index (χ4v) is 2.91. The number of thiocarbonyl (C=S) groups is 1. The van der Waals surface area contributed by atoms with E-state index in [4.69, 9.17) is 12.2 Å². The number of amides is 1. The van der Waals surface area contributed by atoms with Gasteiger partial charge in [0.1, 0.15) is 11.6 Å². The summed E-state index contributed by atoms with van der Waals surface area (Å²) in [7, 11) is 0. The van der Waals surface area contributed by atoms with Gasteiger partial charge >= 0.3 is 0 Å². The van der Waals surface area contributed by atoms with Crippen LogP contribution in [0.3, 0.4) is 0 Å². The molecule has 3 rings (SSSR count). The molecule has 0 spiro atoms. The molecule has 29 heavy (non-hydrogen) atoms. The van der Waals surface area contributed by atoms with E-state index in [1.165, 1.54) is 18.2 Å². The zero-order valence-electron chi connectivity index (χ0n) is 15.5. The van der Waals surface area contributed by atoms with Gasteiger partial charge in [-0.2, -0.15) is 0 Å². The molecule has 3 aromatic carbocycles. The Morgan fingerprint density at radius 2 is 1.52 bits per heavy atom. The lowest BCUT2D eigenvalue weighted by atomic mass is 10.1. The molecular weight excluding hydrogens is 389 g/mol. The molecule has 0 atom stereocenters. The van der Waals surface area contributed by atoms with Crippen molar-refractivity contribution in [1.82, 2.24) is 5.32 Å². The maximum Gasteiger partial charge on any atom is 0.258 e. The van der Waals surface area contributed by atoms with Crippen LogP contribution in [0.1, 0.15) is 15.9 Å². The van der Waals surface area contributed by atoms with Gasteiger partial charge in [0.25, 0.3) is 5.91 Å². The van der Waals surface area contributed by atoms with Crippen molar-refractivity contribution in [3.8, 4) is 5.75 Å². The van der Waals surface area contributed by atoms with Crippen molar-refractivity contribution in [3.05, 3.63) is 89.7 Å². The Kier molecular flexibility index (Phi) is 6.76. The van der Waals surface area contributed by atoms with Gasteiger partial charge in [0.15, 0.2) is 5.11 Å². The van der Waals surface area contributed by atoms with Crippen LogP contribution in [-0.4, -0.2) is 22.7 Å². The van der Waals surface area contributed by atoms with E-state index < -0.39 is 11.7 Å². The fraction of sp³-hybridized carbons (Fsp3) is 0.0909. The number of benzene rings is 3. The monoisotopic (exact) mass is 409 g/mol. The summed E-state index contributed by atoms with van der Waals surface area (Å²) in [5.74, 6) is -0.810. The Balaban J connectivity index is 1.48. The van der Waals surface area contributed by atoms with Gasteiger partial charge in [-0.25, -0.2) is 4.39 Å². The van der Waals surface area contributed by atoms with Crippen LogP contribution in [0.4, 0.5) is 15.8 Å². The van der Waals surface area contributed by atoms with E-state index in [2.05, 4.69) is 16.0 Å². The predicted octanol–water partition coefficient (Wildman–Crippen LogP) is 4.31. The number of hydrogen-bond acceptors (Lipinski definition) is 3. The molecule has 0 radical (unpaired) electrons. The number of para-hydroxylation sites is 1. The summed E-state index contributed by atoms with van der Waals surface area (Å²) in [6.07, 6.45) is 0.634. The number of carbonyl (C=O) groups is 1. The minimum atomic E-state index is -0.566.